The number of benzene rings is 1. The van der Waals surface area contributed by atoms with Crippen molar-refractivity contribution in [3.8, 4) is 0 Å². The maximum absolute atomic E-state index is 10.7. The average Bonchev–Trinajstić information content (AvgIpc) is 2.80. The molecular weight excluding hydrogens is 266 g/mol. The van der Waals surface area contributed by atoms with Gasteiger partial charge in [0.1, 0.15) is 12.0 Å². The van der Waals surface area contributed by atoms with Gasteiger partial charge in [-0.05, 0) is 30.8 Å². The number of carbonyl (C=O) groups is 1. The third-order valence-corrected chi connectivity index (χ3v) is 2.94. The third-order valence-electron chi connectivity index (χ3n) is 2.69. The SMILES string of the molecule is CN(Cc1ccc(Cl)cc1)Cc1cc(C(=O)O)co1. The zero-order valence-corrected chi connectivity index (χ0v) is 11.2. The van der Waals surface area contributed by atoms with Crippen molar-refractivity contribution in [2.75, 3.05) is 7.05 Å². The van der Waals surface area contributed by atoms with Crippen LogP contribution < -0.4 is 0 Å². The monoisotopic (exact) mass is 279 g/mol. The number of hydrogen-bond donors (Lipinski definition) is 1. The summed E-state index contributed by atoms with van der Waals surface area (Å²) >= 11 is 5.83. The third kappa shape index (κ3) is 3.84. The van der Waals surface area contributed by atoms with Gasteiger partial charge < -0.3 is 9.52 Å². The van der Waals surface area contributed by atoms with Crippen molar-refractivity contribution in [2.24, 2.45) is 0 Å². The lowest BCUT2D eigenvalue weighted by Gasteiger charge is -2.15. The molecule has 0 aliphatic rings. The predicted molar refractivity (Wildman–Crippen MR) is 72.3 cm³/mol. The summed E-state index contributed by atoms with van der Waals surface area (Å²) < 4.78 is 5.21. The van der Waals surface area contributed by atoms with Gasteiger partial charge in [0, 0.05) is 11.6 Å². The van der Waals surface area contributed by atoms with Crippen LogP contribution in [0.1, 0.15) is 21.7 Å². The van der Waals surface area contributed by atoms with Gasteiger partial charge in [-0.25, -0.2) is 4.79 Å². The van der Waals surface area contributed by atoms with Gasteiger partial charge in [0.15, 0.2) is 0 Å². The Bertz CT molecular complexity index is 562. The molecule has 1 N–H and O–H groups in total. The predicted octanol–water partition coefficient (Wildman–Crippen LogP) is 3.26. The first kappa shape index (κ1) is 13.6. The van der Waals surface area contributed by atoms with Crippen LogP contribution in [-0.2, 0) is 13.1 Å². The fourth-order valence-electron chi connectivity index (χ4n) is 1.80. The Morgan fingerprint density at radius 2 is 2.00 bits per heavy atom. The van der Waals surface area contributed by atoms with Crippen LogP contribution in [0.15, 0.2) is 41.0 Å². The highest BCUT2D eigenvalue weighted by atomic mass is 35.5. The second kappa shape index (κ2) is 5.91. The van der Waals surface area contributed by atoms with Gasteiger partial charge in [-0.15, -0.1) is 0 Å². The Morgan fingerprint density at radius 3 is 2.58 bits per heavy atom. The van der Waals surface area contributed by atoms with Crippen LogP contribution >= 0.6 is 11.6 Å². The molecule has 0 aliphatic heterocycles. The lowest BCUT2D eigenvalue weighted by Crippen LogP contribution is -2.16. The van der Waals surface area contributed by atoms with E-state index in [4.69, 9.17) is 21.1 Å². The van der Waals surface area contributed by atoms with Crippen LogP contribution in [0.4, 0.5) is 0 Å². The molecule has 1 aromatic heterocycles. The number of halogens is 1. The zero-order chi connectivity index (χ0) is 13.8. The minimum Gasteiger partial charge on any atom is -0.478 e. The molecule has 0 amide bonds. The number of aromatic carboxylic acids is 1. The Labute approximate surface area is 116 Å². The van der Waals surface area contributed by atoms with Gasteiger partial charge in [-0.2, -0.15) is 0 Å². The van der Waals surface area contributed by atoms with Crippen molar-refractivity contribution in [1.82, 2.24) is 4.90 Å². The van der Waals surface area contributed by atoms with Crippen molar-refractivity contribution in [1.29, 1.82) is 0 Å². The highest BCUT2D eigenvalue weighted by Gasteiger charge is 2.10. The molecule has 19 heavy (non-hydrogen) atoms. The molecule has 0 saturated carbocycles. The number of carboxylic acids is 1. The minimum atomic E-state index is -0.977. The summed E-state index contributed by atoms with van der Waals surface area (Å²) in [5.41, 5.74) is 1.31. The highest BCUT2D eigenvalue weighted by Crippen LogP contribution is 2.14. The molecule has 0 spiro atoms. The first-order chi connectivity index (χ1) is 9.04. The molecule has 2 rings (SSSR count). The Kier molecular flexibility index (Phi) is 4.24. The molecule has 1 heterocycles. The molecule has 5 heteroatoms. The van der Waals surface area contributed by atoms with Gasteiger partial charge in [0.05, 0.1) is 12.1 Å². The maximum atomic E-state index is 10.7. The van der Waals surface area contributed by atoms with E-state index >= 15 is 0 Å². The van der Waals surface area contributed by atoms with Gasteiger partial charge in [-0.1, -0.05) is 23.7 Å². The summed E-state index contributed by atoms with van der Waals surface area (Å²) in [5.74, 6) is -0.343. The molecule has 0 bridgehead atoms. The second-order valence-electron chi connectivity index (χ2n) is 4.41. The smallest absolute Gasteiger partial charge is 0.338 e. The van der Waals surface area contributed by atoms with E-state index in [1.165, 1.54) is 6.26 Å². The topological polar surface area (TPSA) is 53.7 Å². The highest BCUT2D eigenvalue weighted by molar-refractivity contribution is 6.30. The molecule has 2 aromatic rings. The van der Waals surface area contributed by atoms with Gasteiger partial charge in [0.2, 0.25) is 0 Å². The lowest BCUT2D eigenvalue weighted by atomic mass is 10.2. The van der Waals surface area contributed by atoms with Crippen LogP contribution in [0, 0.1) is 0 Å². The van der Waals surface area contributed by atoms with Crippen LogP contribution in [0.3, 0.4) is 0 Å². The molecule has 4 nitrogen and oxygen atoms in total. The second-order valence-corrected chi connectivity index (χ2v) is 4.84. The fraction of sp³-hybridized carbons (Fsp3) is 0.214. The summed E-state index contributed by atoms with van der Waals surface area (Å²) in [6, 6.07) is 9.16. The minimum absolute atomic E-state index is 0.176. The Balaban J connectivity index is 1.94. The number of hydrogen-bond acceptors (Lipinski definition) is 3. The maximum Gasteiger partial charge on any atom is 0.338 e. The van der Waals surface area contributed by atoms with Gasteiger partial charge in [-0.3, -0.25) is 4.90 Å². The van der Waals surface area contributed by atoms with Crippen LogP contribution in [0.2, 0.25) is 5.02 Å². The largest absolute Gasteiger partial charge is 0.478 e. The molecular formula is C14H14ClNO3. The molecule has 0 unspecified atom stereocenters. The van der Waals surface area contributed by atoms with E-state index in [2.05, 4.69) is 0 Å². The van der Waals surface area contributed by atoms with Crippen molar-refractivity contribution in [3.63, 3.8) is 0 Å². The average molecular weight is 280 g/mol. The zero-order valence-electron chi connectivity index (χ0n) is 10.5. The quantitative estimate of drug-likeness (QED) is 0.913. The van der Waals surface area contributed by atoms with Crippen LogP contribution in [-0.4, -0.2) is 23.0 Å². The first-order valence-electron chi connectivity index (χ1n) is 5.78. The van der Waals surface area contributed by atoms with Crippen molar-refractivity contribution >= 4 is 17.6 Å². The molecule has 0 saturated heterocycles. The van der Waals surface area contributed by atoms with Crippen molar-refractivity contribution in [3.05, 3.63) is 58.5 Å². The lowest BCUT2D eigenvalue weighted by molar-refractivity contribution is 0.0696. The number of rotatable bonds is 5. The molecule has 100 valence electrons. The molecule has 0 fully saturated rings. The summed E-state index contributed by atoms with van der Waals surface area (Å²) in [5, 5.41) is 9.52. The Hall–Kier alpha value is -1.78. The summed E-state index contributed by atoms with van der Waals surface area (Å²) in [4.78, 5) is 12.8. The number of nitrogens with zero attached hydrogens (tertiary/aromatic N) is 1. The Morgan fingerprint density at radius 1 is 1.32 bits per heavy atom. The van der Waals surface area contributed by atoms with E-state index in [1.54, 1.807) is 6.07 Å². The standard InChI is InChI=1S/C14H14ClNO3/c1-16(7-10-2-4-12(15)5-3-10)8-13-6-11(9-19-13)14(17)18/h2-6,9H,7-8H2,1H3,(H,17,18). The van der Waals surface area contributed by atoms with Crippen LogP contribution in [0.25, 0.3) is 0 Å². The van der Waals surface area contributed by atoms with E-state index in [0.29, 0.717) is 17.3 Å². The van der Waals surface area contributed by atoms with E-state index in [-0.39, 0.29) is 5.56 Å². The number of furan rings is 1. The van der Waals surface area contributed by atoms with E-state index in [9.17, 15) is 4.79 Å². The molecule has 1 aromatic carbocycles. The molecule has 0 atom stereocenters. The summed E-state index contributed by atoms with van der Waals surface area (Å²) in [7, 11) is 1.94. The van der Waals surface area contributed by atoms with E-state index < -0.39 is 5.97 Å². The number of carboxylic acid groups (broad SMARTS) is 1. The van der Waals surface area contributed by atoms with Gasteiger partial charge in [0.25, 0.3) is 0 Å². The van der Waals surface area contributed by atoms with Crippen LogP contribution in [0.5, 0.6) is 0 Å². The summed E-state index contributed by atoms with van der Waals surface area (Å²) in [6.45, 7) is 1.29. The normalized spacial score (nSPS) is 10.9. The van der Waals surface area contributed by atoms with E-state index in [1.807, 2.05) is 36.2 Å². The molecule has 0 aliphatic carbocycles. The van der Waals surface area contributed by atoms with E-state index in [0.717, 1.165) is 12.1 Å². The molecule has 0 radical (unpaired) electrons. The van der Waals surface area contributed by atoms with Crippen molar-refractivity contribution in [2.45, 2.75) is 13.1 Å². The van der Waals surface area contributed by atoms with Crippen molar-refractivity contribution < 1.29 is 14.3 Å². The van der Waals surface area contributed by atoms with Gasteiger partial charge >= 0.3 is 5.97 Å². The fourth-order valence-corrected chi connectivity index (χ4v) is 1.93. The first-order valence-corrected chi connectivity index (χ1v) is 6.16. The summed E-state index contributed by atoms with van der Waals surface area (Å²) in [6.07, 6.45) is 1.26.